The lowest BCUT2D eigenvalue weighted by molar-refractivity contribution is 0.374. The van der Waals surface area contributed by atoms with E-state index in [2.05, 4.69) is 9.82 Å². The summed E-state index contributed by atoms with van der Waals surface area (Å²) in [7, 11) is 0. The van der Waals surface area contributed by atoms with Gasteiger partial charge in [-0.3, -0.25) is 13.5 Å². The van der Waals surface area contributed by atoms with Crippen LogP contribution in [0.1, 0.15) is 31.2 Å². The molecule has 140 valence electrons. The van der Waals surface area contributed by atoms with Gasteiger partial charge in [0.2, 0.25) is 0 Å². The Balaban J connectivity index is 2.11. The maximum Gasteiger partial charge on any atom is 0.350 e. The van der Waals surface area contributed by atoms with Gasteiger partial charge in [0.25, 0.3) is 11.3 Å². The molecule has 1 aromatic heterocycles. The summed E-state index contributed by atoms with van der Waals surface area (Å²) < 4.78 is 36.6. The van der Waals surface area contributed by atoms with Crippen molar-refractivity contribution in [3.8, 4) is 5.69 Å². The lowest BCUT2D eigenvalue weighted by Crippen LogP contribution is -2.27. The predicted octanol–water partition coefficient (Wildman–Crippen LogP) is 1.17. The van der Waals surface area contributed by atoms with Gasteiger partial charge in [0.05, 0.1) is 12.3 Å². The van der Waals surface area contributed by atoms with Crippen molar-refractivity contribution in [1.82, 2.24) is 14.3 Å². The fourth-order valence-corrected chi connectivity index (χ4v) is 3.59. The number of nitrogens with zero attached hydrogens (tertiary/aromatic N) is 3. The third-order valence-electron chi connectivity index (χ3n) is 3.97. The molecule has 0 bridgehead atoms. The van der Waals surface area contributed by atoms with E-state index in [4.69, 9.17) is 22.1 Å². The first kappa shape index (κ1) is 18.7. The van der Waals surface area contributed by atoms with Crippen molar-refractivity contribution in [2.75, 3.05) is 11.3 Å². The van der Waals surface area contributed by atoms with Gasteiger partial charge in [0, 0.05) is 18.5 Å². The maximum absolute atomic E-state index is 14.6. The van der Waals surface area contributed by atoms with Gasteiger partial charge < -0.3 is 5.73 Å². The van der Waals surface area contributed by atoms with Crippen molar-refractivity contribution in [2.45, 2.75) is 32.7 Å². The highest BCUT2D eigenvalue weighted by Gasteiger charge is 2.21. The minimum Gasteiger partial charge on any atom is -0.389 e. The highest BCUT2D eigenvalue weighted by atomic mass is 32.2. The molecule has 3 rings (SSSR count). The molecule has 0 amide bonds. The number of hydrogen-bond acceptors (Lipinski definition) is 5. The second kappa shape index (κ2) is 7.64. The fraction of sp³-hybridized carbons (Fsp3) is 0.400. The molecule has 1 unspecified atom stereocenters. The summed E-state index contributed by atoms with van der Waals surface area (Å²) in [5.41, 5.74) is 5.49. The van der Waals surface area contributed by atoms with E-state index in [9.17, 15) is 13.4 Å². The Labute approximate surface area is 156 Å². The van der Waals surface area contributed by atoms with Gasteiger partial charge in [0.15, 0.2) is 0 Å². The molecule has 1 aromatic carbocycles. The molecule has 8 nitrogen and oxygen atoms in total. The summed E-state index contributed by atoms with van der Waals surface area (Å²) in [6.45, 7) is 2.45. The monoisotopic (exact) mass is 399 g/mol. The van der Waals surface area contributed by atoms with Gasteiger partial charge >= 0.3 is 5.69 Å². The number of fused-ring (bicyclic) bond motifs is 1. The quantitative estimate of drug-likeness (QED) is 0.707. The van der Waals surface area contributed by atoms with Crippen LogP contribution in [0.4, 0.5) is 10.1 Å². The zero-order valence-electron chi connectivity index (χ0n) is 14.0. The van der Waals surface area contributed by atoms with E-state index in [0.29, 0.717) is 18.8 Å². The summed E-state index contributed by atoms with van der Waals surface area (Å²) in [4.78, 5) is 12.5. The van der Waals surface area contributed by atoms with Crippen LogP contribution in [0.3, 0.4) is 0 Å². The van der Waals surface area contributed by atoms with Crippen LogP contribution in [0.25, 0.3) is 5.69 Å². The third-order valence-corrected chi connectivity index (χ3v) is 5.03. The van der Waals surface area contributed by atoms with Crippen molar-refractivity contribution >= 4 is 34.2 Å². The van der Waals surface area contributed by atoms with Crippen molar-refractivity contribution < 1.29 is 12.8 Å². The highest BCUT2D eigenvalue weighted by molar-refractivity contribution is 7.81. The van der Waals surface area contributed by atoms with Crippen LogP contribution in [-0.4, -0.2) is 30.2 Å². The van der Waals surface area contributed by atoms with Crippen molar-refractivity contribution in [3.63, 3.8) is 0 Å². The molecule has 0 fully saturated rings. The van der Waals surface area contributed by atoms with Gasteiger partial charge in [-0.05, 0) is 31.9 Å². The third kappa shape index (κ3) is 3.55. The molecule has 1 atom stereocenters. The molecule has 0 aliphatic carbocycles. The molecule has 0 saturated carbocycles. The number of nitrogens with one attached hydrogen (secondary N) is 1. The molecule has 2 heterocycles. The standard InChI is InChI=1S/C15H18FN5O3S2/c1-2-24-26(23)19-11-8-12(10(16)7-9(11)14(17)25)21-15(22)20-6-4-3-5-13(20)18-21/h7-8,19H,2-6H2,1H3,(H2,17,25). The molecule has 0 spiro atoms. The Morgan fingerprint density at radius 3 is 2.92 bits per heavy atom. The molecule has 0 saturated heterocycles. The van der Waals surface area contributed by atoms with Gasteiger partial charge in [-0.15, -0.1) is 5.10 Å². The second-order valence-electron chi connectivity index (χ2n) is 5.68. The molecule has 3 N–H and O–H groups in total. The molecular weight excluding hydrogens is 381 g/mol. The maximum atomic E-state index is 14.6. The number of hydrogen-bond donors (Lipinski definition) is 2. The summed E-state index contributed by atoms with van der Waals surface area (Å²) in [5.74, 6) is -0.0930. The summed E-state index contributed by atoms with van der Waals surface area (Å²) in [5, 5.41) is 4.24. The lowest BCUT2D eigenvalue weighted by atomic mass is 10.1. The van der Waals surface area contributed by atoms with Crippen molar-refractivity contribution in [3.05, 3.63) is 39.8 Å². The molecule has 1 aliphatic heterocycles. The number of halogens is 1. The van der Waals surface area contributed by atoms with Crippen LogP contribution in [0, 0.1) is 5.82 Å². The number of aryl methyl sites for hydroxylation is 1. The van der Waals surface area contributed by atoms with E-state index < -0.39 is 22.8 Å². The Bertz CT molecular complexity index is 940. The van der Waals surface area contributed by atoms with Crippen LogP contribution in [0.5, 0.6) is 0 Å². The van der Waals surface area contributed by atoms with Crippen LogP contribution >= 0.6 is 12.2 Å². The van der Waals surface area contributed by atoms with Gasteiger partial charge in [-0.1, -0.05) is 12.2 Å². The first-order valence-electron chi connectivity index (χ1n) is 8.06. The Morgan fingerprint density at radius 2 is 2.27 bits per heavy atom. The van der Waals surface area contributed by atoms with Crippen LogP contribution in [0.15, 0.2) is 16.9 Å². The molecule has 1 aliphatic rings. The van der Waals surface area contributed by atoms with E-state index in [1.54, 1.807) is 6.92 Å². The minimum atomic E-state index is -1.87. The smallest absolute Gasteiger partial charge is 0.350 e. The summed E-state index contributed by atoms with van der Waals surface area (Å²) in [6.07, 6.45) is 2.47. The largest absolute Gasteiger partial charge is 0.389 e. The fourth-order valence-electron chi connectivity index (χ4n) is 2.80. The SMILES string of the molecule is CCOS(=O)Nc1cc(-n2nc3n(c2=O)CCCC3)c(F)cc1C(N)=S. The molecule has 0 radical (unpaired) electrons. The van der Waals surface area contributed by atoms with E-state index >= 15 is 0 Å². The van der Waals surface area contributed by atoms with Crippen molar-refractivity contribution in [1.29, 1.82) is 0 Å². The minimum absolute atomic E-state index is 0.0760. The average Bonchev–Trinajstić information content (AvgIpc) is 2.93. The zero-order valence-corrected chi connectivity index (χ0v) is 15.7. The average molecular weight is 399 g/mol. The molecule has 26 heavy (non-hydrogen) atoms. The Morgan fingerprint density at radius 1 is 1.50 bits per heavy atom. The van der Waals surface area contributed by atoms with E-state index in [1.165, 1.54) is 10.6 Å². The highest BCUT2D eigenvalue weighted by Crippen LogP contribution is 2.24. The van der Waals surface area contributed by atoms with Crippen LogP contribution < -0.4 is 16.1 Å². The van der Waals surface area contributed by atoms with Crippen molar-refractivity contribution in [2.24, 2.45) is 5.73 Å². The lowest BCUT2D eigenvalue weighted by Gasteiger charge is -2.13. The summed E-state index contributed by atoms with van der Waals surface area (Å²) >= 11 is 3.06. The van der Waals surface area contributed by atoms with E-state index in [0.717, 1.165) is 23.6 Å². The zero-order chi connectivity index (χ0) is 18.8. The summed E-state index contributed by atoms with van der Waals surface area (Å²) in [6, 6.07) is 2.40. The molecule has 2 aromatic rings. The van der Waals surface area contributed by atoms with Gasteiger partial charge in [-0.25, -0.2) is 13.4 Å². The normalized spacial score (nSPS) is 14.7. The number of nitrogens with two attached hydrogens (primary N) is 1. The molecular formula is C15H18FN5O3S2. The Kier molecular flexibility index (Phi) is 5.49. The number of thiocarbonyl (C=S) groups is 1. The predicted molar refractivity (Wildman–Crippen MR) is 100.0 cm³/mol. The van der Waals surface area contributed by atoms with Crippen LogP contribution in [-0.2, 0) is 28.4 Å². The van der Waals surface area contributed by atoms with E-state index in [-0.39, 0.29) is 28.5 Å². The van der Waals surface area contributed by atoms with Gasteiger partial charge in [0.1, 0.15) is 22.3 Å². The number of rotatable bonds is 6. The topological polar surface area (TPSA) is 104 Å². The second-order valence-corrected chi connectivity index (χ2v) is 7.03. The number of benzene rings is 1. The molecule has 11 heteroatoms. The first-order valence-corrected chi connectivity index (χ1v) is 9.54. The first-order chi connectivity index (χ1) is 12.4. The van der Waals surface area contributed by atoms with E-state index in [1.807, 2.05) is 0 Å². The number of anilines is 1. The van der Waals surface area contributed by atoms with Gasteiger partial charge in [-0.2, -0.15) is 4.68 Å². The number of aromatic nitrogens is 3. The van der Waals surface area contributed by atoms with Crippen LogP contribution in [0.2, 0.25) is 0 Å². The Hall–Kier alpha value is -2.11.